The fourth-order valence-corrected chi connectivity index (χ4v) is 8.83. The summed E-state index contributed by atoms with van der Waals surface area (Å²) < 4.78 is 29.8. The van der Waals surface area contributed by atoms with E-state index in [1.165, 1.54) is 11.1 Å². The molecule has 3 aromatic carbocycles. The first kappa shape index (κ1) is 43.3. The molecule has 11 nitrogen and oxygen atoms in total. The number of nitrogens with zero attached hydrogens (tertiary/aromatic N) is 4. The highest BCUT2D eigenvalue weighted by atomic mass is 32.1. The number of rotatable bonds is 16. The van der Waals surface area contributed by atoms with Crippen LogP contribution < -0.4 is 19.1 Å². The van der Waals surface area contributed by atoms with Crippen LogP contribution in [0, 0.1) is 6.92 Å². The van der Waals surface area contributed by atoms with Crippen LogP contribution in [0.4, 0.5) is 11.4 Å². The first-order valence-corrected chi connectivity index (χ1v) is 21.5. The third kappa shape index (κ3) is 9.88. The lowest BCUT2D eigenvalue weighted by Crippen LogP contribution is -2.37. The number of benzene rings is 3. The molecule has 2 saturated heterocycles. The summed E-state index contributed by atoms with van der Waals surface area (Å²) in [5.74, 6) is 1.78. The smallest absolute Gasteiger partial charge is 0.257 e. The van der Waals surface area contributed by atoms with Crippen molar-refractivity contribution in [1.29, 1.82) is 0 Å². The first-order valence-electron chi connectivity index (χ1n) is 21.1. The number of amides is 2. The van der Waals surface area contributed by atoms with Gasteiger partial charge >= 0.3 is 0 Å². The van der Waals surface area contributed by atoms with E-state index < -0.39 is 0 Å². The Morgan fingerprint density at radius 1 is 0.833 bits per heavy atom. The minimum atomic E-state index is -0.299. The normalized spacial score (nSPS) is 19.9. The van der Waals surface area contributed by atoms with Gasteiger partial charge in [-0.25, -0.2) is 0 Å². The number of hydrogen-bond acceptors (Lipinski definition) is 10. The zero-order chi connectivity index (χ0) is 42.6. The monoisotopic (exact) mass is 836 g/mol. The molecule has 60 heavy (non-hydrogen) atoms. The van der Waals surface area contributed by atoms with E-state index in [-0.39, 0.29) is 35.3 Å². The maximum Gasteiger partial charge on any atom is 0.257 e. The second kappa shape index (κ2) is 18.9. The van der Waals surface area contributed by atoms with Gasteiger partial charge in [0.15, 0.2) is 11.5 Å². The highest BCUT2D eigenvalue weighted by Gasteiger charge is 2.36. The molecule has 3 aromatic rings. The standard InChI is InChI=1S/C48H60N4O7S/c1-8-32-18-37-11-10-36-22-43(31(3)16-40(36)46(53)51(37)26-32)58-28-34-17-35(21-38(20-34)50(30-48(4,5)60)12-13-57-15-14-55-6)29-59-45-24-42-41(23-44(45)56-7)47(54)52-27-33(9-2)19-39(52)25-49-42/h8-9,16-17,20-25,37,39,60H,10-15,18-19,26-30H2,1-7H3/b32-8+,33-9+/t37-,39+/m1/s1. The Morgan fingerprint density at radius 2 is 1.53 bits per heavy atom. The van der Waals surface area contributed by atoms with E-state index >= 15 is 0 Å². The third-order valence-electron chi connectivity index (χ3n) is 11.9. The van der Waals surface area contributed by atoms with Crippen molar-refractivity contribution in [3.05, 3.63) is 99.1 Å². The number of ether oxygens (including phenoxy) is 5. The Labute approximate surface area is 360 Å². The molecule has 0 bridgehead atoms. The van der Waals surface area contributed by atoms with Crippen molar-refractivity contribution in [2.24, 2.45) is 4.99 Å². The van der Waals surface area contributed by atoms with Gasteiger partial charge in [0.25, 0.3) is 11.8 Å². The largest absolute Gasteiger partial charge is 0.493 e. The fraction of sp³-hybridized carbons (Fsp3) is 0.479. The molecule has 2 atom stereocenters. The lowest BCUT2D eigenvalue weighted by Gasteiger charge is -2.32. The van der Waals surface area contributed by atoms with E-state index in [1.54, 1.807) is 26.4 Å². The summed E-state index contributed by atoms with van der Waals surface area (Å²) in [7, 11) is 3.25. The van der Waals surface area contributed by atoms with Crippen LogP contribution in [0.3, 0.4) is 0 Å². The number of hydrogen-bond donors (Lipinski definition) is 1. The number of allylic oxidation sites excluding steroid dienone is 2. The van der Waals surface area contributed by atoms with Gasteiger partial charge in [0, 0.05) is 67.6 Å². The number of methoxy groups -OCH3 is 2. The average Bonchev–Trinajstić information content (AvgIpc) is 3.80. The van der Waals surface area contributed by atoms with Crippen molar-refractivity contribution >= 4 is 42.0 Å². The zero-order valence-corrected chi connectivity index (χ0v) is 37.1. The highest BCUT2D eigenvalue weighted by molar-refractivity contribution is 7.81. The molecule has 0 aliphatic carbocycles. The number of carbonyl (C=O) groups is 2. The maximum absolute atomic E-state index is 13.7. The van der Waals surface area contributed by atoms with Gasteiger partial charge in [-0.1, -0.05) is 23.3 Å². The Bertz CT molecular complexity index is 2180. The first-order chi connectivity index (χ1) is 28.9. The number of anilines is 1. The van der Waals surface area contributed by atoms with E-state index in [1.807, 2.05) is 35.9 Å². The molecule has 0 N–H and O–H groups in total. The molecule has 12 heteroatoms. The lowest BCUT2D eigenvalue weighted by molar-refractivity contribution is 0.0739. The summed E-state index contributed by atoms with van der Waals surface area (Å²) in [4.78, 5) is 38.4. The molecular weight excluding hydrogens is 777 g/mol. The van der Waals surface area contributed by atoms with E-state index in [2.05, 4.69) is 62.1 Å². The molecular formula is C48H60N4O7S. The summed E-state index contributed by atoms with van der Waals surface area (Å²) in [6.07, 6.45) is 9.60. The number of carbonyl (C=O) groups excluding carboxylic acids is 2. The summed E-state index contributed by atoms with van der Waals surface area (Å²) >= 11 is 4.92. The summed E-state index contributed by atoms with van der Waals surface area (Å²) in [5, 5.41) is 0. The Kier molecular flexibility index (Phi) is 13.6. The third-order valence-corrected chi connectivity index (χ3v) is 12.0. The Balaban J connectivity index is 1.16. The molecule has 320 valence electrons. The van der Waals surface area contributed by atoms with Crippen molar-refractivity contribution in [2.45, 2.75) is 90.3 Å². The van der Waals surface area contributed by atoms with Crippen LogP contribution in [0.5, 0.6) is 17.2 Å². The second-order valence-electron chi connectivity index (χ2n) is 16.9. The average molecular weight is 837 g/mol. The van der Waals surface area contributed by atoms with Crippen molar-refractivity contribution in [1.82, 2.24) is 9.80 Å². The van der Waals surface area contributed by atoms with Crippen molar-refractivity contribution in [2.75, 3.05) is 65.1 Å². The van der Waals surface area contributed by atoms with E-state index in [4.69, 9.17) is 41.3 Å². The Hall–Kier alpha value is -4.78. The lowest BCUT2D eigenvalue weighted by atomic mass is 9.98. The predicted molar refractivity (Wildman–Crippen MR) is 240 cm³/mol. The van der Waals surface area contributed by atoms with Gasteiger partial charge in [0.05, 0.1) is 44.2 Å². The van der Waals surface area contributed by atoms with E-state index in [9.17, 15) is 9.59 Å². The summed E-state index contributed by atoms with van der Waals surface area (Å²) in [6, 6.07) is 14.2. The topological polar surface area (TPSA) is 102 Å². The van der Waals surface area contributed by atoms with Crippen molar-refractivity contribution in [3.8, 4) is 17.2 Å². The van der Waals surface area contributed by atoms with Gasteiger partial charge in [-0.2, -0.15) is 12.6 Å². The molecule has 0 saturated carbocycles. The number of aryl methyl sites for hydroxylation is 2. The van der Waals surface area contributed by atoms with Crippen LogP contribution in [0.15, 0.2) is 70.8 Å². The zero-order valence-electron chi connectivity index (χ0n) is 36.2. The van der Waals surface area contributed by atoms with E-state index in [0.717, 1.165) is 64.9 Å². The minimum absolute atomic E-state index is 0.0652. The number of fused-ring (bicyclic) bond motifs is 4. The van der Waals surface area contributed by atoms with Crippen molar-refractivity contribution in [3.63, 3.8) is 0 Å². The highest BCUT2D eigenvalue weighted by Crippen LogP contribution is 2.40. The molecule has 7 rings (SSSR count). The minimum Gasteiger partial charge on any atom is -0.493 e. The number of thiol groups is 1. The fourth-order valence-electron chi connectivity index (χ4n) is 8.66. The van der Waals surface area contributed by atoms with Crippen LogP contribution in [-0.4, -0.2) is 105 Å². The summed E-state index contributed by atoms with van der Waals surface area (Å²) in [5.41, 5.74) is 9.25. The van der Waals surface area contributed by atoms with Gasteiger partial charge in [0.1, 0.15) is 19.0 Å². The van der Waals surface area contributed by atoms with Crippen molar-refractivity contribution < 1.29 is 33.3 Å². The van der Waals surface area contributed by atoms with Crippen LogP contribution in [0.25, 0.3) is 0 Å². The van der Waals surface area contributed by atoms with Gasteiger partial charge in [-0.15, -0.1) is 0 Å². The van der Waals surface area contributed by atoms with E-state index in [0.29, 0.717) is 75.4 Å². The van der Waals surface area contributed by atoms with Gasteiger partial charge in [0.2, 0.25) is 0 Å². The van der Waals surface area contributed by atoms with Gasteiger partial charge < -0.3 is 38.4 Å². The molecule has 4 aliphatic heterocycles. The Morgan fingerprint density at radius 3 is 2.23 bits per heavy atom. The molecule has 2 fully saturated rings. The number of aliphatic imine (C=N–C) groups is 1. The molecule has 0 unspecified atom stereocenters. The predicted octanol–water partition coefficient (Wildman–Crippen LogP) is 8.32. The molecule has 0 aromatic heterocycles. The molecule has 0 spiro atoms. The van der Waals surface area contributed by atoms with Crippen LogP contribution >= 0.6 is 12.6 Å². The molecule has 4 heterocycles. The molecule has 4 aliphatic rings. The van der Waals surface area contributed by atoms with Gasteiger partial charge in [-0.05, 0) is 119 Å². The SMILES string of the molecule is C/C=C1\C[C@H]2CCc3cc(OCc4cc(COc5cc6c(cc5OC)C(=O)N5C/C(=C/C)C[C@H]5C=N6)cc(N(CCOCCOC)CC(C)(C)S)c4)c(C)cc3C(=O)N2C1. The molecule has 2 amide bonds. The quantitative estimate of drug-likeness (QED) is 0.0874. The maximum atomic E-state index is 13.7. The summed E-state index contributed by atoms with van der Waals surface area (Å²) in [6.45, 7) is 15.0. The van der Waals surface area contributed by atoms with Crippen LogP contribution in [0.1, 0.15) is 89.9 Å². The van der Waals surface area contributed by atoms with Crippen LogP contribution in [-0.2, 0) is 29.1 Å². The second-order valence-corrected chi connectivity index (χ2v) is 18.1. The van der Waals surface area contributed by atoms with Crippen LogP contribution in [0.2, 0.25) is 0 Å². The molecule has 0 radical (unpaired) electrons. The van der Waals surface area contributed by atoms with Gasteiger partial charge in [-0.3, -0.25) is 14.6 Å².